The summed E-state index contributed by atoms with van der Waals surface area (Å²) in [6, 6.07) is 2.69. The predicted molar refractivity (Wildman–Crippen MR) is 66.0 cm³/mol. The third-order valence-corrected chi connectivity index (χ3v) is 3.31. The highest BCUT2D eigenvalue weighted by Gasteiger charge is 2.48. The molecule has 2 atom stereocenters. The molecule has 0 bridgehead atoms. The Morgan fingerprint density at radius 3 is 2.22 bits per heavy atom. The maximum absolute atomic E-state index is 11.7. The van der Waals surface area contributed by atoms with Gasteiger partial charge in [0, 0.05) is 5.69 Å². The third kappa shape index (κ3) is 2.52. The number of nitrogens with one attached hydrogen (secondary N) is 1. The van der Waals surface area contributed by atoms with Gasteiger partial charge in [0.2, 0.25) is 5.91 Å². The normalized spacial score (nSPS) is 21.4. The van der Waals surface area contributed by atoms with Crippen LogP contribution in [0.4, 0.5) is 5.69 Å². The van der Waals surface area contributed by atoms with Crippen molar-refractivity contribution in [3.63, 3.8) is 0 Å². The number of aliphatic carboxylic acids is 1. The number of phenols is 1. The second-order valence-electron chi connectivity index (χ2n) is 4.06. The lowest BCUT2D eigenvalue weighted by atomic mass is 10.2. The van der Waals surface area contributed by atoms with Gasteiger partial charge in [0.1, 0.15) is 0 Å². The van der Waals surface area contributed by atoms with Crippen molar-refractivity contribution in [2.45, 2.75) is 6.42 Å². The summed E-state index contributed by atoms with van der Waals surface area (Å²) in [6.07, 6.45) is 0.334. The summed E-state index contributed by atoms with van der Waals surface area (Å²) in [4.78, 5) is 22.3. The molecule has 0 heterocycles. The Labute approximate surface area is 112 Å². The van der Waals surface area contributed by atoms with E-state index in [4.69, 9.17) is 28.3 Å². The number of amides is 1. The molecule has 0 aromatic heterocycles. The van der Waals surface area contributed by atoms with Crippen molar-refractivity contribution in [1.82, 2.24) is 0 Å². The molecule has 3 N–H and O–H groups in total. The second kappa shape index (κ2) is 4.66. The number of halogens is 2. The van der Waals surface area contributed by atoms with Gasteiger partial charge in [-0.15, -0.1) is 0 Å². The molecule has 0 radical (unpaired) electrons. The number of benzene rings is 1. The molecule has 1 aliphatic rings. The average Bonchev–Trinajstić information content (AvgIpc) is 3.05. The van der Waals surface area contributed by atoms with Crippen LogP contribution in [-0.4, -0.2) is 22.1 Å². The lowest BCUT2D eigenvalue weighted by Gasteiger charge is -2.07. The SMILES string of the molecule is O=C(O)C1CC1C(=O)Nc1cc(Cl)c(O)c(Cl)c1. The van der Waals surface area contributed by atoms with Crippen LogP contribution in [0.5, 0.6) is 5.75 Å². The van der Waals surface area contributed by atoms with E-state index in [1.807, 2.05) is 0 Å². The molecule has 18 heavy (non-hydrogen) atoms. The molecule has 1 aromatic carbocycles. The number of phenolic OH excluding ortho intramolecular Hbond substituents is 1. The van der Waals surface area contributed by atoms with Crippen LogP contribution in [0.3, 0.4) is 0 Å². The number of aromatic hydroxyl groups is 1. The number of carbonyl (C=O) groups is 2. The highest BCUT2D eigenvalue weighted by Crippen LogP contribution is 2.40. The molecule has 1 fully saturated rings. The molecular weight excluding hydrogens is 281 g/mol. The number of anilines is 1. The van der Waals surface area contributed by atoms with Crippen LogP contribution in [0.15, 0.2) is 12.1 Å². The summed E-state index contributed by atoms with van der Waals surface area (Å²) >= 11 is 11.4. The first kappa shape index (κ1) is 13.0. The zero-order valence-corrected chi connectivity index (χ0v) is 10.5. The van der Waals surface area contributed by atoms with Crippen molar-refractivity contribution in [2.75, 3.05) is 5.32 Å². The standard InChI is InChI=1S/C11H9Cl2NO4/c12-7-1-4(2-8(13)9(7)15)14-10(16)5-3-6(5)11(17)18/h1-2,5-6,15H,3H2,(H,14,16)(H,17,18). The Morgan fingerprint density at radius 1 is 1.22 bits per heavy atom. The van der Waals surface area contributed by atoms with Crippen LogP contribution in [0.25, 0.3) is 0 Å². The quantitative estimate of drug-likeness (QED) is 0.746. The zero-order chi connectivity index (χ0) is 13.4. The summed E-state index contributed by atoms with van der Waals surface area (Å²) in [7, 11) is 0. The zero-order valence-electron chi connectivity index (χ0n) is 8.98. The first-order valence-corrected chi connectivity index (χ1v) is 5.87. The predicted octanol–water partition coefficient (Wildman–Crippen LogP) is 2.36. The van der Waals surface area contributed by atoms with E-state index in [2.05, 4.69) is 5.32 Å². The van der Waals surface area contributed by atoms with Crippen molar-refractivity contribution in [3.05, 3.63) is 22.2 Å². The molecule has 1 amide bonds. The van der Waals surface area contributed by atoms with Gasteiger partial charge in [0.15, 0.2) is 5.75 Å². The van der Waals surface area contributed by atoms with E-state index in [1.165, 1.54) is 12.1 Å². The summed E-state index contributed by atoms with van der Waals surface area (Å²) in [5.74, 6) is -2.76. The van der Waals surface area contributed by atoms with Crippen LogP contribution in [-0.2, 0) is 9.59 Å². The van der Waals surface area contributed by atoms with Crippen molar-refractivity contribution in [1.29, 1.82) is 0 Å². The Balaban J connectivity index is 2.07. The lowest BCUT2D eigenvalue weighted by Crippen LogP contribution is -2.16. The summed E-state index contributed by atoms with van der Waals surface area (Å²) in [5.41, 5.74) is 0.323. The Bertz CT molecular complexity index is 509. The van der Waals surface area contributed by atoms with Crippen molar-refractivity contribution < 1.29 is 19.8 Å². The number of hydrogen-bond acceptors (Lipinski definition) is 3. The third-order valence-electron chi connectivity index (χ3n) is 2.73. The van der Waals surface area contributed by atoms with Gasteiger partial charge in [-0.25, -0.2) is 0 Å². The fraction of sp³-hybridized carbons (Fsp3) is 0.273. The van der Waals surface area contributed by atoms with E-state index in [0.717, 1.165) is 0 Å². The van der Waals surface area contributed by atoms with E-state index in [9.17, 15) is 14.7 Å². The van der Waals surface area contributed by atoms with E-state index in [0.29, 0.717) is 12.1 Å². The largest absolute Gasteiger partial charge is 0.505 e. The Hall–Kier alpha value is -1.46. The molecule has 0 spiro atoms. The van der Waals surface area contributed by atoms with Gasteiger partial charge >= 0.3 is 5.97 Å². The van der Waals surface area contributed by atoms with Crippen LogP contribution < -0.4 is 5.32 Å². The maximum Gasteiger partial charge on any atom is 0.307 e. The van der Waals surface area contributed by atoms with Crippen LogP contribution >= 0.6 is 23.2 Å². The fourth-order valence-corrected chi connectivity index (χ4v) is 2.12. The Kier molecular flexibility index (Phi) is 3.36. The van der Waals surface area contributed by atoms with Gasteiger partial charge in [0.25, 0.3) is 0 Å². The molecule has 0 saturated heterocycles. The van der Waals surface area contributed by atoms with Gasteiger partial charge < -0.3 is 15.5 Å². The van der Waals surface area contributed by atoms with E-state index in [-0.39, 0.29) is 21.7 Å². The minimum Gasteiger partial charge on any atom is -0.505 e. The number of hydrogen-bond donors (Lipinski definition) is 3. The molecule has 5 nitrogen and oxygen atoms in total. The molecule has 96 valence electrons. The first-order chi connectivity index (χ1) is 8.40. The van der Waals surface area contributed by atoms with Crippen molar-refractivity contribution in [3.8, 4) is 5.75 Å². The molecule has 2 unspecified atom stereocenters. The molecular formula is C11H9Cl2NO4. The smallest absolute Gasteiger partial charge is 0.307 e. The minimum atomic E-state index is -0.975. The number of carboxylic acids is 1. The van der Waals surface area contributed by atoms with Gasteiger partial charge in [-0.1, -0.05) is 23.2 Å². The Morgan fingerprint density at radius 2 is 1.78 bits per heavy atom. The van der Waals surface area contributed by atoms with E-state index < -0.39 is 17.8 Å². The second-order valence-corrected chi connectivity index (χ2v) is 4.88. The van der Waals surface area contributed by atoms with Crippen molar-refractivity contribution in [2.24, 2.45) is 11.8 Å². The minimum absolute atomic E-state index is 0.0170. The van der Waals surface area contributed by atoms with Gasteiger partial charge in [0.05, 0.1) is 21.9 Å². The first-order valence-electron chi connectivity index (χ1n) is 5.12. The van der Waals surface area contributed by atoms with Crippen LogP contribution in [0, 0.1) is 11.8 Å². The van der Waals surface area contributed by atoms with Gasteiger partial charge in [-0.05, 0) is 18.6 Å². The number of rotatable bonds is 3. The molecule has 1 saturated carbocycles. The van der Waals surface area contributed by atoms with E-state index in [1.54, 1.807) is 0 Å². The van der Waals surface area contributed by atoms with E-state index >= 15 is 0 Å². The van der Waals surface area contributed by atoms with Gasteiger partial charge in [-0.3, -0.25) is 9.59 Å². The summed E-state index contributed by atoms with van der Waals surface area (Å²) < 4.78 is 0. The molecule has 1 aliphatic carbocycles. The lowest BCUT2D eigenvalue weighted by molar-refractivity contribution is -0.139. The van der Waals surface area contributed by atoms with Crippen molar-refractivity contribution >= 4 is 40.8 Å². The summed E-state index contributed by atoms with van der Waals surface area (Å²) in [6.45, 7) is 0. The number of carboxylic acid groups (broad SMARTS) is 1. The van der Waals surface area contributed by atoms with Crippen LogP contribution in [0.2, 0.25) is 10.0 Å². The van der Waals surface area contributed by atoms with Gasteiger partial charge in [-0.2, -0.15) is 0 Å². The highest BCUT2D eigenvalue weighted by molar-refractivity contribution is 6.37. The fourth-order valence-electron chi connectivity index (χ4n) is 1.63. The topological polar surface area (TPSA) is 86.6 Å². The molecule has 1 aromatic rings. The molecule has 2 rings (SSSR count). The monoisotopic (exact) mass is 289 g/mol. The molecule has 0 aliphatic heterocycles. The number of carbonyl (C=O) groups excluding carboxylic acids is 1. The molecule has 7 heteroatoms. The maximum atomic E-state index is 11.7. The van der Waals surface area contributed by atoms with Crippen LogP contribution in [0.1, 0.15) is 6.42 Å². The highest BCUT2D eigenvalue weighted by atomic mass is 35.5. The average molecular weight is 290 g/mol. The summed E-state index contributed by atoms with van der Waals surface area (Å²) in [5, 5.41) is 20.6.